The summed E-state index contributed by atoms with van der Waals surface area (Å²) in [6.45, 7) is 27.9. The van der Waals surface area contributed by atoms with Gasteiger partial charge in [0.25, 0.3) is 0 Å². The monoisotopic (exact) mass is 351 g/mol. The van der Waals surface area contributed by atoms with E-state index in [2.05, 4.69) is 63.2 Å². The minimum Gasteiger partial charge on any atom is -0.353 e. The molecule has 0 radical (unpaired) electrons. The second-order valence-electron chi connectivity index (χ2n) is 4.88. The van der Waals surface area contributed by atoms with Crippen LogP contribution in [0.3, 0.4) is 0 Å². The van der Waals surface area contributed by atoms with E-state index in [4.69, 9.17) is 0 Å². The molecule has 0 rings (SSSR count). The molecule has 23 heavy (non-hydrogen) atoms. The number of halogens is 1. The zero-order valence-electron chi connectivity index (χ0n) is 16.9. The Balaban J connectivity index is -0.000000116. The van der Waals surface area contributed by atoms with Crippen LogP contribution in [0, 0.1) is 0 Å². The first-order valence-electron chi connectivity index (χ1n) is 8.76. The van der Waals surface area contributed by atoms with E-state index in [1.165, 1.54) is 39.3 Å². The van der Waals surface area contributed by atoms with Crippen LogP contribution in [0.2, 0.25) is 0 Å². The Bertz CT molecular complexity index is 230. The molecule has 0 aromatic heterocycles. The maximum Gasteiger partial charge on any atom is 0.246 e. The SMILES string of the molecule is C=C(C)C(=O)NCC.CCN(CC)CC.CCN(CC)CC.Cl. The highest BCUT2D eigenvalue weighted by molar-refractivity contribution is 5.91. The number of likely N-dealkylation sites (N-methyl/N-ethyl adjacent to an activating group) is 1. The van der Waals surface area contributed by atoms with Gasteiger partial charge in [-0.3, -0.25) is 4.79 Å². The molecule has 0 bridgehead atoms. The highest BCUT2D eigenvalue weighted by Crippen LogP contribution is 1.83. The lowest BCUT2D eigenvalue weighted by Gasteiger charge is -2.13. The summed E-state index contributed by atoms with van der Waals surface area (Å²) in [4.78, 5) is 15.3. The third-order valence-electron chi connectivity index (χ3n) is 3.41. The molecule has 4 nitrogen and oxygen atoms in total. The summed E-state index contributed by atoms with van der Waals surface area (Å²) in [5.41, 5.74) is 0.562. The van der Waals surface area contributed by atoms with Crippen molar-refractivity contribution in [3.05, 3.63) is 12.2 Å². The van der Waals surface area contributed by atoms with Gasteiger partial charge in [-0.25, -0.2) is 0 Å². The molecule has 0 aliphatic carbocycles. The molecule has 0 heterocycles. The van der Waals surface area contributed by atoms with Crippen molar-refractivity contribution in [2.24, 2.45) is 0 Å². The topological polar surface area (TPSA) is 35.6 Å². The van der Waals surface area contributed by atoms with Gasteiger partial charge in [-0.15, -0.1) is 12.4 Å². The Hall–Kier alpha value is -0.580. The highest BCUT2D eigenvalue weighted by atomic mass is 35.5. The van der Waals surface area contributed by atoms with Crippen LogP contribution in [0.25, 0.3) is 0 Å². The fourth-order valence-electron chi connectivity index (χ4n) is 1.65. The van der Waals surface area contributed by atoms with E-state index in [-0.39, 0.29) is 18.3 Å². The lowest BCUT2D eigenvalue weighted by molar-refractivity contribution is -0.117. The van der Waals surface area contributed by atoms with Crippen LogP contribution in [-0.2, 0) is 4.79 Å². The van der Waals surface area contributed by atoms with Gasteiger partial charge in [-0.1, -0.05) is 48.1 Å². The largest absolute Gasteiger partial charge is 0.353 e. The van der Waals surface area contributed by atoms with Crippen molar-refractivity contribution < 1.29 is 4.79 Å². The summed E-state index contributed by atoms with van der Waals surface area (Å²) in [5, 5.41) is 2.61. The Morgan fingerprint density at radius 3 is 1.09 bits per heavy atom. The molecule has 142 valence electrons. The first kappa shape index (κ1) is 30.3. The van der Waals surface area contributed by atoms with Gasteiger partial charge in [0.1, 0.15) is 0 Å². The first-order chi connectivity index (χ1) is 10.4. The van der Waals surface area contributed by atoms with Crippen LogP contribution in [0.15, 0.2) is 12.2 Å². The van der Waals surface area contributed by atoms with Crippen molar-refractivity contribution in [3.63, 3.8) is 0 Å². The van der Waals surface area contributed by atoms with Gasteiger partial charge in [-0.05, 0) is 53.1 Å². The number of hydrogen-bond donors (Lipinski definition) is 1. The minimum absolute atomic E-state index is 0. The van der Waals surface area contributed by atoms with Crippen LogP contribution in [0.4, 0.5) is 0 Å². The zero-order valence-corrected chi connectivity index (χ0v) is 17.7. The van der Waals surface area contributed by atoms with Crippen LogP contribution in [0.5, 0.6) is 0 Å². The predicted octanol–water partition coefficient (Wildman–Crippen LogP) is 3.82. The highest BCUT2D eigenvalue weighted by Gasteiger charge is 1.95. The van der Waals surface area contributed by atoms with Crippen LogP contribution in [0.1, 0.15) is 55.4 Å². The van der Waals surface area contributed by atoms with E-state index in [1.54, 1.807) is 6.92 Å². The number of amides is 1. The van der Waals surface area contributed by atoms with Gasteiger partial charge in [-0.2, -0.15) is 0 Å². The van der Waals surface area contributed by atoms with E-state index in [0.29, 0.717) is 12.1 Å². The molecule has 0 unspecified atom stereocenters. The third kappa shape index (κ3) is 23.8. The van der Waals surface area contributed by atoms with Gasteiger partial charge in [0.2, 0.25) is 5.91 Å². The average molecular weight is 352 g/mol. The van der Waals surface area contributed by atoms with Crippen molar-refractivity contribution in [2.75, 3.05) is 45.8 Å². The Morgan fingerprint density at radius 2 is 1.04 bits per heavy atom. The second kappa shape index (κ2) is 23.7. The lowest BCUT2D eigenvalue weighted by Crippen LogP contribution is -2.22. The molecular formula is C18H42ClN3O. The molecule has 0 aliphatic rings. The normalized spacial score (nSPS) is 9.13. The Kier molecular flexibility index (Phi) is 31.2. The second-order valence-corrected chi connectivity index (χ2v) is 4.88. The summed E-state index contributed by atoms with van der Waals surface area (Å²) in [7, 11) is 0. The summed E-state index contributed by atoms with van der Waals surface area (Å²) in [6, 6.07) is 0. The molecule has 1 amide bonds. The molecule has 0 aliphatic heterocycles. The fourth-order valence-corrected chi connectivity index (χ4v) is 1.65. The molecule has 0 atom stereocenters. The number of nitrogens with zero attached hydrogens (tertiary/aromatic N) is 2. The Labute approximate surface area is 152 Å². The van der Waals surface area contributed by atoms with Crippen molar-refractivity contribution in [3.8, 4) is 0 Å². The van der Waals surface area contributed by atoms with Gasteiger partial charge >= 0.3 is 0 Å². The van der Waals surface area contributed by atoms with Crippen LogP contribution < -0.4 is 5.32 Å². The molecule has 0 spiro atoms. The van der Waals surface area contributed by atoms with Crippen LogP contribution in [-0.4, -0.2) is 61.5 Å². The van der Waals surface area contributed by atoms with Gasteiger partial charge in [0.15, 0.2) is 0 Å². The maximum atomic E-state index is 10.5. The third-order valence-corrected chi connectivity index (χ3v) is 3.41. The van der Waals surface area contributed by atoms with E-state index < -0.39 is 0 Å². The van der Waals surface area contributed by atoms with Gasteiger partial charge in [0, 0.05) is 12.1 Å². The first-order valence-corrected chi connectivity index (χ1v) is 8.76. The van der Waals surface area contributed by atoms with Gasteiger partial charge < -0.3 is 15.1 Å². The van der Waals surface area contributed by atoms with Crippen molar-refractivity contribution >= 4 is 18.3 Å². The number of hydrogen-bond acceptors (Lipinski definition) is 3. The fraction of sp³-hybridized carbons (Fsp3) is 0.833. The number of rotatable bonds is 8. The van der Waals surface area contributed by atoms with Crippen molar-refractivity contribution in [2.45, 2.75) is 55.4 Å². The summed E-state index contributed by atoms with van der Waals surface area (Å²) in [6.07, 6.45) is 0. The maximum absolute atomic E-state index is 10.5. The van der Waals surface area contributed by atoms with Gasteiger partial charge in [0.05, 0.1) is 0 Å². The number of carbonyl (C=O) groups is 1. The number of carbonyl (C=O) groups excluding carboxylic acids is 1. The van der Waals surface area contributed by atoms with Crippen molar-refractivity contribution in [1.29, 1.82) is 0 Å². The molecular weight excluding hydrogens is 310 g/mol. The van der Waals surface area contributed by atoms with E-state index in [0.717, 1.165) is 0 Å². The standard InChI is InChI=1S/C6H11NO.2C6H15N.ClH/c1-4-7-6(8)5(2)3;2*1-4-7(5-2)6-3;/h2,4H2,1,3H3,(H,7,8);2*4-6H2,1-3H3;1H. The molecule has 0 saturated heterocycles. The molecule has 5 heteroatoms. The molecule has 0 aromatic carbocycles. The number of nitrogens with one attached hydrogen (secondary N) is 1. The molecule has 1 N–H and O–H groups in total. The summed E-state index contributed by atoms with van der Waals surface area (Å²) >= 11 is 0. The predicted molar refractivity (Wildman–Crippen MR) is 108 cm³/mol. The Morgan fingerprint density at radius 1 is 0.783 bits per heavy atom. The summed E-state index contributed by atoms with van der Waals surface area (Å²) < 4.78 is 0. The zero-order chi connectivity index (χ0) is 18.0. The quantitative estimate of drug-likeness (QED) is 0.675. The molecule has 0 aromatic rings. The average Bonchev–Trinajstić information content (AvgIpc) is 2.52. The smallest absolute Gasteiger partial charge is 0.246 e. The van der Waals surface area contributed by atoms with Crippen molar-refractivity contribution in [1.82, 2.24) is 15.1 Å². The summed E-state index contributed by atoms with van der Waals surface area (Å²) in [5.74, 6) is -0.0625. The van der Waals surface area contributed by atoms with Crippen LogP contribution >= 0.6 is 12.4 Å². The minimum atomic E-state index is -0.0625. The molecule has 0 fully saturated rings. The van der Waals surface area contributed by atoms with E-state index in [1.807, 2.05) is 6.92 Å². The van der Waals surface area contributed by atoms with E-state index in [9.17, 15) is 4.79 Å². The van der Waals surface area contributed by atoms with E-state index >= 15 is 0 Å². The lowest BCUT2D eigenvalue weighted by atomic mass is 10.3. The molecule has 0 saturated carbocycles.